The Hall–Kier alpha value is -1.02. The molecule has 0 atom stereocenters. The Kier molecular flexibility index (Phi) is 1.92. The zero-order chi connectivity index (χ0) is 6.10. The Morgan fingerprint density at radius 2 is 2.20 bits per heavy atom. The van der Waals surface area contributed by atoms with E-state index in [4.69, 9.17) is 0 Å². The van der Waals surface area contributed by atoms with E-state index in [-0.39, 0.29) is 12.4 Å². The van der Waals surface area contributed by atoms with Crippen molar-refractivity contribution in [2.24, 2.45) is 0 Å². The molecule has 2 aromatic heterocycles. The summed E-state index contributed by atoms with van der Waals surface area (Å²) in [6.45, 7) is 0. The molecule has 3 heteroatoms. The number of nitrogens with one attached hydrogen (secondary N) is 1. The predicted octanol–water partition coefficient (Wildman–Crippen LogP) is 1.98. The highest BCUT2D eigenvalue weighted by Gasteiger charge is 1.87. The predicted molar refractivity (Wildman–Crippen MR) is 43.3 cm³/mol. The van der Waals surface area contributed by atoms with Crippen LogP contribution >= 0.6 is 12.4 Å². The first kappa shape index (κ1) is 7.09. The number of halogens is 1. The molecule has 0 saturated heterocycles. The second kappa shape index (κ2) is 2.71. The van der Waals surface area contributed by atoms with Gasteiger partial charge in [0.25, 0.3) is 0 Å². The fourth-order valence-corrected chi connectivity index (χ4v) is 0.892. The molecule has 0 aliphatic heterocycles. The van der Waals surface area contributed by atoms with E-state index < -0.39 is 0 Å². The van der Waals surface area contributed by atoms with E-state index in [9.17, 15) is 0 Å². The number of hydrogen-bond donors (Lipinski definition) is 1. The molecular weight excluding hydrogens is 148 g/mol. The van der Waals surface area contributed by atoms with Crippen LogP contribution in [0.25, 0.3) is 10.9 Å². The van der Waals surface area contributed by atoms with E-state index in [0.717, 1.165) is 5.52 Å². The van der Waals surface area contributed by atoms with E-state index in [1.165, 1.54) is 5.39 Å². The van der Waals surface area contributed by atoms with Gasteiger partial charge in [-0.2, -0.15) is 0 Å². The summed E-state index contributed by atoms with van der Waals surface area (Å²) in [6, 6.07) is 4.00. The van der Waals surface area contributed by atoms with Gasteiger partial charge in [0.15, 0.2) is 0 Å². The molecule has 0 aliphatic carbocycles. The van der Waals surface area contributed by atoms with Crippen molar-refractivity contribution >= 4 is 23.3 Å². The van der Waals surface area contributed by atoms with Crippen LogP contribution in [0.3, 0.4) is 0 Å². The van der Waals surface area contributed by atoms with Crippen LogP contribution in [0.2, 0.25) is 0 Å². The molecule has 0 aromatic carbocycles. The third-order valence-electron chi connectivity index (χ3n) is 1.36. The molecule has 2 rings (SSSR count). The molecular formula is C7H7ClN2. The lowest BCUT2D eigenvalue weighted by atomic mass is 10.3. The number of aromatic nitrogens is 2. The monoisotopic (exact) mass is 154 g/mol. The average molecular weight is 155 g/mol. The Morgan fingerprint density at radius 1 is 1.30 bits per heavy atom. The van der Waals surface area contributed by atoms with Gasteiger partial charge in [0.2, 0.25) is 0 Å². The zero-order valence-electron chi connectivity index (χ0n) is 5.24. The first-order chi connectivity index (χ1) is 4.47. The van der Waals surface area contributed by atoms with Gasteiger partial charge in [-0.15, -0.1) is 12.4 Å². The van der Waals surface area contributed by atoms with Gasteiger partial charge in [-0.05, 0) is 12.1 Å². The minimum absolute atomic E-state index is 0. The van der Waals surface area contributed by atoms with E-state index in [2.05, 4.69) is 9.97 Å². The van der Waals surface area contributed by atoms with Gasteiger partial charge in [-0.25, -0.2) is 0 Å². The van der Waals surface area contributed by atoms with Gasteiger partial charge in [-0.1, -0.05) is 0 Å². The molecule has 52 valence electrons. The maximum absolute atomic E-state index is 3.95. The maximum atomic E-state index is 3.95. The van der Waals surface area contributed by atoms with Crippen LogP contribution in [0.1, 0.15) is 0 Å². The van der Waals surface area contributed by atoms with Crippen LogP contribution in [-0.4, -0.2) is 9.97 Å². The SMILES string of the molecule is Cl.c1cc2cc[nH]c2cn1. The molecule has 0 saturated carbocycles. The van der Waals surface area contributed by atoms with Crippen LogP contribution in [0.5, 0.6) is 0 Å². The van der Waals surface area contributed by atoms with Crippen LogP contribution < -0.4 is 0 Å². The number of aromatic amines is 1. The molecule has 0 spiro atoms. The smallest absolute Gasteiger partial charge is 0.0640 e. The highest BCUT2D eigenvalue weighted by atomic mass is 35.5. The van der Waals surface area contributed by atoms with Gasteiger partial charge < -0.3 is 4.98 Å². The molecule has 0 fully saturated rings. The summed E-state index contributed by atoms with van der Waals surface area (Å²) >= 11 is 0. The van der Waals surface area contributed by atoms with E-state index >= 15 is 0 Å². The van der Waals surface area contributed by atoms with Crippen molar-refractivity contribution in [1.82, 2.24) is 9.97 Å². The van der Waals surface area contributed by atoms with Gasteiger partial charge in [-0.3, -0.25) is 4.98 Å². The molecule has 0 radical (unpaired) electrons. The number of nitrogens with zero attached hydrogens (tertiary/aromatic N) is 1. The van der Waals surface area contributed by atoms with Crippen molar-refractivity contribution in [3.63, 3.8) is 0 Å². The summed E-state index contributed by atoms with van der Waals surface area (Å²) in [4.78, 5) is 7.01. The van der Waals surface area contributed by atoms with Gasteiger partial charge in [0.1, 0.15) is 0 Å². The summed E-state index contributed by atoms with van der Waals surface area (Å²) in [5, 5.41) is 1.21. The summed E-state index contributed by atoms with van der Waals surface area (Å²) in [7, 11) is 0. The third-order valence-corrected chi connectivity index (χ3v) is 1.36. The Bertz CT molecular complexity index is 286. The number of hydrogen-bond acceptors (Lipinski definition) is 1. The molecule has 0 amide bonds. The summed E-state index contributed by atoms with van der Waals surface area (Å²) in [6.07, 6.45) is 5.51. The topological polar surface area (TPSA) is 28.7 Å². The maximum Gasteiger partial charge on any atom is 0.0640 e. The quantitative estimate of drug-likeness (QED) is 0.618. The van der Waals surface area contributed by atoms with Crippen molar-refractivity contribution in [3.05, 3.63) is 30.7 Å². The molecule has 0 aliphatic rings. The highest BCUT2D eigenvalue weighted by Crippen LogP contribution is 2.07. The van der Waals surface area contributed by atoms with Crippen molar-refractivity contribution in [2.45, 2.75) is 0 Å². The number of H-pyrrole nitrogens is 1. The summed E-state index contributed by atoms with van der Waals surface area (Å²) in [5.41, 5.74) is 1.09. The normalized spacial score (nSPS) is 9.20. The van der Waals surface area contributed by atoms with E-state index in [0.29, 0.717) is 0 Å². The molecule has 2 heterocycles. The summed E-state index contributed by atoms with van der Waals surface area (Å²) in [5.74, 6) is 0. The number of pyridine rings is 1. The lowest BCUT2D eigenvalue weighted by Gasteiger charge is -1.82. The van der Waals surface area contributed by atoms with Gasteiger partial charge in [0, 0.05) is 17.8 Å². The molecule has 1 N–H and O–H groups in total. The van der Waals surface area contributed by atoms with Crippen molar-refractivity contribution < 1.29 is 0 Å². The van der Waals surface area contributed by atoms with Crippen molar-refractivity contribution in [3.8, 4) is 0 Å². The first-order valence-corrected chi connectivity index (χ1v) is 2.84. The van der Waals surface area contributed by atoms with Crippen LogP contribution in [0.15, 0.2) is 30.7 Å². The Labute approximate surface area is 64.7 Å². The Morgan fingerprint density at radius 3 is 3.00 bits per heavy atom. The van der Waals surface area contributed by atoms with Crippen LogP contribution in [0.4, 0.5) is 0 Å². The molecule has 0 unspecified atom stereocenters. The number of fused-ring (bicyclic) bond motifs is 1. The Balaban J connectivity index is 0.000000500. The minimum Gasteiger partial charge on any atom is -0.360 e. The van der Waals surface area contributed by atoms with Crippen molar-refractivity contribution in [1.29, 1.82) is 0 Å². The zero-order valence-corrected chi connectivity index (χ0v) is 6.06. The standard InChI is InChI=1S/C7H6N2.ClH/c1-3-8-5-7-6(1)2-4-9-7;/h1-5,9H;1H. The second-order valence-corrected chi connectivity index (χ2v) is 1.94. The largest absolute Gasteiger partial charge is 0.360 e. The fraction of sp³-hybridized carbons (Fsp3) is 0. The minimum atomic E-state index is 0. The fourth-order valence-electron chi connectivity index (χ4n) is 0.892. The molecule has 10 heavy (non-hydrogen) atoms. The number of rotatable bonds is 0. The third kappa shape index (κ3) is 0.977. The van der Waals surface area contributed by atoms with Gasteiger partial charge >= 0.3 is 0 Å². The first-order valence-electron chi connectivity index (χ1n) is 2.84. The van der Waals surface area contributed by atoms with Crippen LogP contribution in [0, 0.1) is 0 Å². The highest BCUT2D eigenvalue weighted by molar-refractivity contribution is 5.85. The van der Waals surface area contributed by atoms with Crippen molar-refractivity contribution in [2.75, 3.05) is 0 Å². The molecule has 0 bridgehead atoms. The van der Waals surface area contributed by atoms with Crippen LogP contribution in [-0.2, 0) is 0 Å². The average Bonchev–Trinajstić information content (AvgIpc) is 2.33. The second-order valence-electron chi connectivity index (χ2n) is 1.94. The lowest BCUT2D eigenvalue weighted by Crippen LogP contribution is -1.68. The van der Waals surface area contributed by atoms with E-state index in [1.54, 1.807) is 6.20 Å². The summed E-state index contributed by atoms with van der Waals surface area (Å²) < 4.78 is 0. The molecule has 2 nitrogen and oxygen atoms in total. The van der Waals surface area contributed by atoms with Gasteiger partial charge in [0.05, 0.1) is 11.7 Å². The molecule has 2 aromatic rings. The van der Waals surface area contributed by atoms with E-state index in [1.807, 2.05) is 24.5 Å². The lowest BCUT2D eigenvalue weighted by molar-refractivity contribution is 1.34.